The maximum atomic E-state index is 13.2. The Hall–Kier alpha value is -4.98. The zero-order chi connectivity index (χ0) is 32.2. The van der Waals surface area contributed by atoms with Gasteiger partial charge in [-0.15, -0.1) is 0 Å². The van der Waals surface area contributed by atoms with Crippen molar-refractivity contribution in [2.45, 2.75) is 44.9 Å². The van der Waals surface area contributed by atoms with Gasteiger partial charge in [-0.3, -0.25) is 9.36 Å². The first-order valence-electron chi connectivity index (χ1n) is 14.7. The van der Waals surface area contributed by atoms with Crippen molar-refractivity contribution < 1.29 is 34.1 Å². The van der Waals surface area contributed by atoms with Gasteiger partial charge in [0.1, 0.15) is 24.3 Å². The summed E-state index contributed by atoms with van der Waals surface area (Å²) in [6, 6.07) is 13.5. The van der Waals surface area contributed by atoms with E-state index in [0.29, 0.717) is 32.1 Å². The zero-order valence-corrected chi connectivity index (χ0v) is 25.1. The molecule has 0 aliphatic carbocycles. The van der Waals surface area contributed by atoms with Gasteiger partial charge < -0.3 is 34.8 Å². The van der Waals surface area contributed by atoms with Crippen molar-refractivity contribution in [1.82, 2.24) is 19.9 Å². The van der Waals surface area contributed by atoms with Crippen LogP contribution in [0.4, 0.5) is 16.4 Å². The summed E-state index contributed by atoms with van der Waals surface area (Å²) in [5, 5.41) is 19.6. The maximum Gasteiger partial charge on any atom is 0.408 e. The van der Waals surface area contributed by atoms with Crippen LogP contribution in [0, 0.1) is 0 Å². The van der Waals surface area contributed by atoms with Crippen molar-refractivity contribution >= 4 is 29.7 Å². The van der Waals surface area contributed by atoms with E-state index in [4.69, 9.17) is 19.4 Å². The smallest absolute Gasteiger partial charge is 0.408 e. The Morgan fingerprint density at radius 2 is 1.64 bits per heavy atom. The number of rotatable bonds is 9. The Balaban J connectivity index is 0.00000109. The fourth-order valence-corrected chi connectivity index (χ4v) is 5.16. The van der Waals surface area contributed by atoms with Crippen molar-refractivity contribution in [2.24, 2.45) is 0 Å². The topological polar surface area (TPSA) is 176 Å². The van der Waals surface area contributed by atoms with Gasteiger partial charge in [-0.05, 0) is 36.5 Å². The molecule has 0 saturated carbocycles. The van der Waals surface area contributed by atoms with Gasteiger partial charge in [-0.25, -0.2) is 19.4 Å². The Morgan fingerprint density at radius 1 is 1.00 bits per heavy atom. The second kappa shape index (κ2) is 16.2. The number of alkyl carbamates (subject to hydrolysis) is 1. The van der Waals surface area contributed by atoms with E-state index in [1.807, 2.05) is 36.4 Å². The van der Waals surface area contributed by atoms with E-state index in [2.05, 4.69) is 25.1 Å². The molecule has 2 aliphatic rings. The number of carboxylic acids is 2. The number of aliphatic carboxylic acids is 2. The highest BCUT2D eigenvalue weighted by molar-refractivity contribution is 5.79. The zero-order valence-electron chi connectivity index (χ0n) is 25.1. The summed E-state index contributed by atoms with van der Waals surface area (Å²) in [7, 11) is 0. The predicted octanol–water partition coefficient (Wildman–Crippen LogP) is 2.33. The summed E-state index contributed by atoms with van der Waals surface area (Å²) in [6.45, 7) is 4.77. The molecule has 1 amide bonds. The van der Waals surface area contributed by atoms with Crippen LogP contribution in [0.3, 0.4) is 0 Å². The van der Waals surface area contributed by atoms with Crippen LogP contribution in [0.1, 0.15) is 36.8 Å². The lowest BCUT2D eigenvalue weighted by Gasteiger charge is -2.37. The van der Waals surface area contributed by atoms with Crippen LogP contribution in [0.15, 0.2) is 65.7 Å². The van der Waals surface area contributed by atoms with E-state index in [1.54, 1.807) is 24.5 Å². The highest BCUT2D eigenvalue weighted by Crippen LogP contribution is 2.33. The molecule has 14 nitrogen and oxygen atoms in total. The Morgan fingerprint density at radius 3 is 2.27 bits per heavy atom. The number of hydrogen-bond acceptors (Lipinski definition) is 10. The first-order valence-corrected chi connectivity index (χ1v) is 14.7. The first-order chi connectivity index (χ1) is 21.7. The van der Waals surface area contributed by atoms with Crippen molar-refractivity contribution in [3.8, 4) is 0 Å². The lowest BCUT2D eigenvalue weighted by Crippen LogP contribution is -2.49. The molecule has 1 aromatic carbocycles. The fourth-order valence-electron chi connectivity index (χ4n) is 5.16. The minimum atomic E-state index is -1.38. The predicted molar refractivity (Wildman–Crippen MR) is 164 cm³/mol. The normalized spacial score (nSPS) is 15.8. The molecule has 1 atom stereocenters. The number of piperazine rings is 1. The van der Waals surface area contributed by atoms with E-state index in [0.717, 1.165) is 49.8 Å². The molecule has 0 spiro atoms. The number of aromatic nitrogens is 3. The second-order valence-electron chi connectivity index (χ2n) is 10.6. The standard InChI is InChI=1S/C29H34N6O6.C2H4O2/c36-27(37)24(31-29(39)41-20-21-6-2-1-3-7-21)19-35-18-23(22-9-16-40-17-10-22)26(32-28(35)38)34-14-12-33(13-15-34)25-8-4-5-11-30-25;1-2(3)4/h1-8,11,18,22,24H,9-10,12-17,19-20H2,(H,31,39)(H,36,37);1H3,(H,3,4)/t24-;/m0./s1. The Labute approximate surface area is 260 Å². The molecule has 2 aromatic heterocycles. The first kappa shape index (κ1) is 32.9. The lowest BCUT2D eigenvalue weighted by molar-refractivity contribution is -0.139. The number of ether oxygens (including phenoxy) is 2. The summed E-state index contributed by atoms with van der Waals surface area (Å²) < 4.78 is 12.0. The second-order valence-corrected chi connectivity index (χ2v) is 10.6. The fraction of sp³-hybridized carbons (Fsp3) is 0.419. The van der Waals surface area contributed by atoms with Crippen molar-refractivity contribution in [3.63, 3.8) is 0 Å². The van der Waals surface area contributed by atoms with Crippen LogP contribution in [0.5, 0.6) is 0 Å². The Kier molecular flexibility index (Phi) is 11.8. The number of carbonyl (C=O) groups is 3. The maximum absolute atomic E-state index is 13.2. The molecule has 0 unspecified atom stereocenters. The van der Waals surface area contributed by atoms with Crippen molar-refractivity contribution in [3.05, 3.63) is 82.5 Å². The van der Waals surface area contributed by atoms with Crippen LogP contribution in [0.2, 0.25) is 0 Å². The van der Waals surface area contributed by atoms with Gasteiger partial charge in [0.05, 0.1) is 6.54 Å². The number of hydrogen-bond donors (Lipinski definition) is 3. The summed E-state index contributed by atoms with van der Waals surface area (Å²) in [6.07, 6.45) is 4.14. The highest BCUT2D eigenvalue weighted by atomic mass is 16.5. The van der Waals surface area contributed by atoms with Crippen LogP contribution >= 0.6 is 0 Å². The largest absolute Gasteiger partial charge is 0.481 e. The SMILES string of the molecule is CC(=O)O.O=C(N[C@@H](Cn1cc(C2CCOCC2)c(N2CCN(c3ccccn3)CC2)nc1=O)C(=O)O)OCc1ccccc1. The van der Waals surface area contributed by atoms with E-state index < -0.39 is 29.8 Å². The van der Waals surface area contributed by atoms with E-state index in [-0.39, 0.29) is 19.1 Å². The molecule has 4 heterocycles. The van der Waals surface area contributed by atoms with Gasteiger partial charge in [-0.1, -0.05) is 36.4 Å². The number of pyridine rings is 1. The average Bonchev–Trinajstić information content (AvgIpc) is 3.05. The number of benzene rings is 1. The Bertz CT molecular complexity index is 1470. The molecular weight excluding hydrogens is 584 g/mol. The minimum Gasteiger partial charge on any atom is -0.481 e. The van der Waals surface area contributed by atoms with Gasteiger partial charge in [0.15, 0.2) is 0 Å². The molecule has 5 rings (SSSR count). The molecule has 2 saturated heterocycles. The quantitative estimate of drug-likeness (QED) is 0.318. The molecule has 0 bridgehead atoms. The van der Waals surface area contributed by atoms with Crippen LogP contribution in [-0.2, 0) is 32.2 Å². The van der Waals surface area contributed by atoms with E-state index >= 15 is 0 Å². The third-order valence-corrected chi connectivity index (χ3v) is 7.40. The average molecular weight is 623 g/mol. The molecule has 45 heavy (non-hydrogen) atoms. The molecule has 2 aliphatic heterocycles. The number of carboxylic acid groups (broad SMARTS) is 2. The third kappa shape index (κ3) is 9.76. The minimum absolute atomic E-state index is 0.00326. The lowest BCUT2D eigenvalue weighted by atomic mass is 9.92. The summed E-state index contributed by atoms with van der Waals surface area (Å²) in [5.41, 5.74) is 1.08. The van der Waals surface area contributed by atoms with Gasteiger partial charge in [0.2, 0.25) is 0 Å². The van der Waals surface area contributed by atoms with Gasteiger partial charge in [0, 0.05) is 64.3 Å². The molecule has 3 aromatic rings. The number of anilines is 2. The summed E-state index contributed by atoms with van der Waals surface area (Å²) in [5.74, 6) is -0.467. The van der Waals surface area contributed by atoms with Gasteiger partial charge in [-0.2, -0.15) is 4.98 Å². The molecule has 0 radical (unpaired) electrons. The van der Waals surface area contributed by atoms with Crippen LogP contribution in [0.25, 0.3) is 0 Å². The van der Waals surface area contributed by atoms with Crippen molar-refractivity contribution in [2.75, 3.05) is 49.2 Å². The van der Waals surface area contributed by atoms with Gasteiger partial charge in [0.25, 0.3) is 5.97 Å². The van der Waals surface area contributed by atoms with E-state index in [9.17, 15) is 19.5 Å². The molecule has 2 fully saturated rings. The number of nitrogens with one attached hydrogen (secondary N) is 1. The van der Waals surface area contributed by atoms with Crippen LogP contribution < -0.4 is 20.8 Å². The molecule has 240 valence electrons. The highest BCUT2D eigenvalue weighted by Gasteiger charge is 2.29. The third-order valence-electron chi connectivity index (χ3n) is 7.40. The van der Waals surface area contributed by atoms with Crippen molar-refractivity contribution in [1.29, 1.82) is 0 Å². The monoisotopic (exact) mass is 622 g/mol. The number of carbonyl (C=O) groups excluding carboxylic acids is 1. The molecule has 14 heteroatoms. The number of nitrogens with zero attached hydrogens (tertiary/aromatic N) is 5. The summed E-state index contributed by atoms with van der Waals surface area (Å²) in [4.78, 5) is 59.8. The molecular formula is C31H38N6O8. The molecule has 3 N–H and O–H groups in total. The number of amides is 1. The van der Waals surface area contributed by atoms with Gasteiger partial charge >= 0.3 is 17.8 Å². The summed E-state index contributed by atoms with van der Waals surface area (Å²) >= 11 is 0. The van der Waals surface area contributed by atoms with Crippen LogP contribution in [-0.4, -0.2) is 88.2 Å². The van der Waals surface area contributed by atoms with E-state index in [1.165, 1.54) is 4.57 Å².